The minimum atomic E-state index is -1.32. The summed E-state index contributed by atoms with van der Waals surface area (Å²) in [6, 6.07) is 0. The molecule has 0 radical (unpaired) electrons. The van der Waals surface area contributed by atoms with Gasteiger partial charge < -0.3 is 0 Å². The lowest BCUT2D eigenvalue weighted by Gasteiger charge is -2.20. The van der Waals surface area contributed by atoms with Gasteiger partial charge in [-0.2, -0.15) is 0 Å². The maximum atomic E-state index is 4.30. The van der Waals surface area contributed by atoms with E-state index < -0.39 is 8.24 Å². The summed E-state index contributed by atoms with van der Waals surface area (Å²) in [5.74, 6) is 0. The van der Waals surface area contributed by atoms with Gasteiger partial charge in [-0.3, -0.25) is 4.35 Å². The smallest absolute Gasteiger partial charge is 0.178 e. The Bertz CT molecular complexity index is 311. The molecule has 0 saturated heterocycles. The van der Waals surface area contributed by atoms with E-state index in [1.807, 2.05) is 0 Å². The molecule has 1 heterocycles. The Labute approximate surface area is 80.2 Å². The summed E-state index contributed by atoms with van der Waals surface area (Å²) >= 11 is 0. The third-order valence-corrected chi connectivity index (χ3v) is 4.19. The molecular weight excluding hydrogens is 178 g/mol. The minimum absolute atomic E-state index is 1.14. The molecule has 0 N–H and O–H groups in total. The molecule has 0 spiro atoms. The summed E-state index contributed by atoms with van der Waals surface area (Å²) < 4.78 is 2.22. The second-order valence-corrected chi connectivity index (χ2v) is 9.54. The van der Waals surface area contributed by atoms with E-state index in [1.165, 1.54) is 30.7 Å². The normalized spacial score (nSPS) is 17.2. The summed E-state index contributed by atoms with van der Waals surface area (Å²) in [6.45, 7) is 6.95. The Hall–Kier alpha value is -0.643. The summed E-state index contributed by atoms with van der Waals surface area (Å²) in [5.41, 5.74) is 2.68. The van der Waals surface area contributed by atoms with Crippen LogP contribution in [0, 0.1) is 0 Å². The molecule has 0 fully saturated rings. The molecule has 3 nitrogen and oxygen atoms in total. The highest BCUT2D eigenvalue weighted by Gasteiger charge is 2.25. The van der Waals surface area contributed by atoms with Crippen molar-refractivity contribution in [1.29, 1.82) is 0 Å². The van der Waals surface area contributed by atoms with Crippen LogP contribution in [-0.4, -0.2) is 22.9 Å². The van der Waals surface area contributed by atoms with Crippen LogP contribution in [0.3, 0.4) is 0 Å². The summed E-state index contributed by atoms with van der Waals surface area (Å²) in [6.07, 6.45) is 4.93. The van der Waals surface area contributed by atoms with Gasteiger partial charge >= 0.3 is 0 Å². The van der Waals surface area contributed by atoms with Crippen LogP contribution in [0.2, 0.25) is 19.6 Å². The van der Waals surface area contributed by atoms with Gasteiger partial charge in [-0.05, 0) is 45.3 Å². The van der Waals surface area contributed by atoms with E-state index in [1.54, 1.807) is 0 Å². The zero-order chi connectivity index (χ0) is 9.47. The lowest BCUT2D eigenvalue weighted by atomic mass is 10.0. The predicted octanol–water partition coefficient (Wildman–Crippen LogP) is 1.84. The van der Waals surface area contributed by atoms with Crippen molar-refractivity contribution < 1.29 is 0 Å². The summed E-state index contributed by atoms with van der Waals surface area (Å²) in [5, 5.41) is 8.57. The Morgan fingerprint density at radius 1 is 1.15 bits per heavy atom. The molecule has 72 valence electrons. The number of aromatic nitrogens is 3. The van der Waals surface area contributed by atoms with Crippen molar-refractivity contribution in [1.82, 2.24) is 14.7 Å². The Kier molecular flexibility index (Phi) is 2.02. The van der Waals surface area contributed by atoms with Crippen molar-refractivity contribution in [3.8, 4) is 0 Å². The molecule has 0 amide bonds. The first-order valence-electron chi connectivity index (χ1n) is 5.03. The molecule has 4 heteroatoms. The third-order valence-electron chi connectivity index (χ3n) is 2.56. The summed E-state index contributed by atoms with van der Waals surface area (Å²) in [4.78, 5) is 0. The number of rotatable bonds is 1. The van der Waals surface area contributed by atoms with Gasteiger partial charge in [0.2, 0.25) is 0 Å². The van der Waals surface area contributed by atoms with Gasteiger partial charge in [0, 0.05) is 0 Å². The number of aryl methyl sites for hydroxylation is 1. The van der Waals surface area contributed by atoms with Crippen LogP contribution in [0.5, 0.6) is 0 Å². The molecule has 0 aliphatic heterocycles. The van der Waals surface area contributed by atoms with Gasteiger partial charge in [-0.25, -0.2) is 0 Å². The molecule has 1 aliphatic rings. The van der Waals surface area contributed by atoms with Crippen molar-refractivity contribution in [2.75, 3.05) is 0 Å². The van der Waals surface area contributed by atoms with Gasteiger partial charge in [0.25, 0.3) is 0 Å². The van der Waals surface area contributed by atoms with E-state index in [9.17, 15) is 0 Å². The van der Waals surface area contributed by atoms with Crippen LogP contribution < -0.4 is 0 Å². The van der Waals surface area contributed by atoms with Gasteiger partial charge in [-0.15, -0.1) is 5.10 Å². The molecule has 0 unspecified atom stereocenters. The first-order valence-corrected chi connectivity index (χ1v) is 8.48. The fraction of sp³-hybridized carbons (Fsp3) is 0.778. The Morgan fingerprint density at radius 3 is 2.54 bits per heavy atom. The van der Waals surface area contributed by atoms with Gasteiger partial charge in [0.1, 0.15) is 0 Å². The van der Waals surface area contributed by atoms with Crippen molar-refractivity contribution in [2.24, 2.45) is 0 Å². The van der Waals surface area contributed by atoms with E-state index in [0.29, 0.717) is 0 Å². The molecule has 13 heavy (non-hydrogen) atoms. The van der Waals surface area contributed by atoms with Crippen LogP contribution in [0.4, 0.5) is 0 Å². The van der Waals surface area contributed by atoms with Gasteiger partial charge in [0.05, 0.1) is 11.4 Å². The van der Waals surface area contributed by atoms with Gasteiger partial charge in [-0.1, -0.05) is 5.21 Å². The second-order valence-electron chi connectivity index (χ2n) is 4.77. The van der Waals surface area contributed by atoms with Crippen LogP contribution in [-0.2, 0) is 12.8 Å². The molecule has 1 aromatic heterocycles. The first-order chi connectivity index (χ1) is 6.09. The number of fused-ring (bicyclic) bond motifs is 1. The van der Waals surface area contributed by atoms with Crippen molar-refractivity contribution in [3.05, 3.63) is 11.4 Å². The van der Waals surface area contributed by atoms with Crippen LogP contribution in [0.25, 0.3) is 0 Å². The Balaban J connectivity index is 2.43. The first kappa shape index (κ1) is 8.93. The van der Waals surface area contributed by atoms with Crippen molar-refractivity contribution in [3.63, 3.8) is 0 Å². The zero-order valence-electron chi connectivity index (χ0n) is 8.67. The molecule has 0 bridgehead atoms. The standard InChI is InChI=1S/C9H17N3Si/c1-13(2,3)12-9-7-5-4-6-8(9)10-11-12/h4-7H2,1-3H3. The average Bonchev–Trinajstić information content (AvgIpc) is 2.45. The lowest BCUT2D eigenvalue weighted by molar-refractivity contribution is 0.658. The monoisotopic (exact) mass is 195 g/mol. The van der Waals surface area contributed by atoms with E-state index in [4.69, 9.17) is 0 Å². The maximum Gasteiger partial charge on any atom is 0.178 e. The molecule has 0 aromatic carbocycles. The lowest BCUT2D eigenvalue weighted by Crippen LogP contribution is -2.35. The van der Waals surface area contributed by atoms with E-state index in [-0.39, 0.29) is 0 Å². The number of hydrogen-bond acceptors (Lipinski definition) is 2. The molecular formula is C9H17N3Si. The maximum absolute atomic E-state index is 4.30. The van der Waals surface area contributed by atoms with Crippen LogP contribution in [0.15, 0.2) is 0 Å². The second kappa shape index (κ2) is 2.94. The predicted molar refractivity (Wildman–Crippen MR) is 55.4 cm³/mol. The average molecular weight is 195 g/mol. The van der Waals surface area contributed by atoms with Crippen LogP contribution >= 0.6 is 0 Å². The quantitative estimate of drug-likeness (QED) is 0.640. The van der Waals surface area contributed by atoms with Crippen molar-refractivity contribution >= 4 is 8.24 Å². The molecule has 2 rings (SSSR count). The van der Waals surface area contributed by atoms with Crippen molar-refractivity contribution in [2.45, 2.75) is 45.3 Å². The number of nitrogens with zero attached hydrogens (tertiary/aromatic N) is 3. The fourth-order valence-corrected chi connectivity index (χ4v) is 3.26. The van der Waals surface area contributed by atoms with Gasteiger partial charge in [0.15, 0.2) is 8.24 Å². The topological polar surface area (TPSA) is 30.7 Å². The highest BCUT2D eigenvalue weighted by atomic mass is 28.3. The zero-order valence-corrected chi connectivity index (χ0v) is 9.67. The summed E-state index contributed by atoms with van der Waals surface area (Å²) in [7, 11) is -1.32. The SMILES string of the molecule is C[Si](C)(C)n1nnc2c1CCCC2. The highest BCUT2D eigenvalue weighted by Crippen LogP contribution is 2.21. The molecule has 0 atom stereocenters. The Morgan fingerprint density at radius 2 is 1.85 bits per heavy atom. The molecule has 1 aliphatic carbocycles. The molecule has 1 aromatic rings. The van der Waals surface area contributed by atoms with E-state index >= 15 is 0 Å². The third kappa shape index (κ3) is 1.55. The fourth-order valence-electron chi connectivity index (χ4n) is 1.90. The minimum Gasteiger partial charge on any atom is -0.279 e. The van der Waals surface area contributed by atoms with Crippen LogP contribution in [0.1, 0.15) is 24.2 Å². The van der Waals surface area contributed by atoms with E-state index in [2.05, 4.69) is 34.3 Å². The highest BCUT2D eigenvalue weighted by molar-refractivity contribution is 6.74. The number of hydrogen-bond donors (Lipinski definition) is 0. The van der Waals surface area contributed by atoms with E-state index in [0.717, 1.165) is 6.42 Å². The largest absolute Gasteiger partial charge is 0.279 e. The molecule has 0 saturated carbocycles.